The molecule has 5 nitrogen and oxygen atoms in total. The normalized spacial score (nSPS) is 17.5. The molecule has 0 spiro atoms. The van der Waals surface area contributed by atoms with Crippen LogP contribution in [0.1, 0.15) is 69.9 Å². The van der Waals surface area contributed by atoms with Crippen LogP contribution in [0.2, 0.25) is 0 Å². The Kier molecular flexibility index (Phi) is 8.51. The summed E-state index contributed by atoms with van der Waals surface area (Å²) >= 11 is 0. The molecule has 5 rings (SSSR count). The molecule has 0 amide bonds. The Labute approximate surface area is 250 Å². The van der Waals surface area contributed by atoms with Gasteiger partial charge in [-0.1, -0.05) is 42.0 Å². The Morgan fingerprint density at radius 2 is 1.59 bits per heavy atom. The Hall–Kier alpha value is -4.28. The third-order valence-corrected chi connectivity index (χ3v) is 8.06. The molecule has 1 aromatic heterocycles. The monoisotopic (exact) mass is 616 g/mol. The summed E-state index contributed by atoms with van der Waals surface area (Å²) in [6.45, 7) is 3.78. The second kappa shape index (κ2) is 12.0. The first-order valence-electron chi connectivity index (χ1n) is 14.1. The van der Waals surface area contributed by atoms with Crippen LogP contribution in [0.3, 0.4) is 0 Å². The van der Waals surface area contributed by atoms with E-state index in [9.17, 15) is 36.2 Å². The standard InChI is InChI=1S/C33H30F6N2O3/c1-19-3-12-29(44-18-21-4-6-22(7-5-21)23-8-10-25(11-9-23)32(34,35)36)27(15-19)24-13-20(2)14-26(16-24)41-30(33(37,38)39)28(17-40-41)31(42)43/h3-7,12-17,23,25H,8-11,18H2,1-2H3,(H,42,43). The minimum atomic E-state index is -4.95. The van der Waals surface area contributed by atoms with Crippen LogP contribution >= 0.6 is 0 Å². The number of halogens is 6. The Bertz CT molecular complexity index is 1650. The maximum absolute atomic E-state index is 13.9. The average molecular weight is 617 g/mol. The van der Waals surface area contributed by atoms with Gasteiger partial charge in [0.05, 0.1) is 17.8 Å². The molecule has 232 valence electrons. The number of aromatic carboxylic acids is 1. The van der Waals surface area contributed by atoms with Gasteiger partial charge in [-0.2, -0.15) is 31.4 Å². The second-order valence-corrected chi connectivity index (χ2v) is 11.3. The van der Waals surface area contributed by atoms with Crippen molar-refractivity contribution in [2.75, 3.05) is 0 Å². The fraction of sp³-hybridized carbons (Fsp3) is 0.333. The first-order valence-corrected chi connectivity index (χ1v) is 14.1. The zero-order valence-corrected chi connectivity index (χ0v) is 24.0. The lowest BCUT2D eigenvalue weighted by Gasteiger charge is -2.30. The number of aryl methyl sites for hydroxylation is 2. The number of alkyl halides is 6. The van der Waals surface area contributed by atoms with Gasteiger partial charge in [-0.05, 0) is 92.0 Å². The Balaban J connectivity index is 1.37. The van der Waals surface area contributed by atoms with Crippen molar-refractivity contribution in [1.82, 2.24) is 9.78 Å². The van der Waals surface area contributed by atoms with E-state index in [0.29, 0.717) is 46.2 Å². The molecule has 0 atom stereocenters. The molecule has 0 saturated heterocycles. The van der Waals surface area contributed by atoms with Crippen molar-refractivity contribution in [3.05, 3.63) is 100 Å². The van der Waals surface area contributed by atoms with Gasteiger partial charge in [0, 0.05) is 5.56 Å². The van der Waals surface area contributed by atoms with Crippen LogP contribution in [0.4, 0.5) is 26.3 Å². The summed E-state index contributed by atoms with van der Waals surface area (Å²) in [4.78, 5) is 11.5. The number of hydrogen-bond donors (Lipinski definition) is 1. The molecule has 44 heavy (non-hydrogen) atoms. The smallest absolute Gasteiger partial charge is 0.434 e. The molecule has 4 aromatic rings. The van der Waals surface area contributed by atoms with Gasteiger partial charge >= 0.3 is 18.3 Å². The minimum absolute atomic E-state index is 0.0483. The van der Waals surface area contributed by atoms with Crippen molar-refractivity contribution in [2.45, 2.75) is 64.4 Å². The van der Waals surface area contributed by atoms with Gasteiger partial charge in [-0.3, -0.25) is 0 Å². The van der Waals surface area contributed by atoms with Crippen LogP contribution in [0.25, 0.3) is 16.8 Å². The third-order valence-electron chi connectivity index (χ3n) is 8.06. The van der Waals surface area contributed by atoms with Gasteiger partial charge in [0.25, 0.3) is 0 Å². The van der Waals surface area contributed by atoms with Gasteiger partial charge in [0.1, 0.15) is 17.9 Å². The lowest BCUT2D eigenvalue weighted by atomic mass is 9.78. The maximum atomic E-state index is 13.9. The summed E-state index contributed by atoms with van der Waals surface area (Å²) in [5.41, 5.74) is 2.29. The van der Waals surface area contributed by atoms with E-state index in [-0.39, 0.29) is 31.1 Å². The molecular weight excluding hydrogens is 586 g/mol. The molecule has 0 radical (unpaired) electrons. The molecule has 0 bridgehead atoms. The summed E-state index contributed by atoms with van der Waals surface area (Å²) in [5, 5.41) is 13.1. The third kappa shape index (κ3) is 6.76. The number of carboxylic acid groups (broad SMARTS) is 1. The van der Waals surface area contributed by atoms with E-state index in [4.69, 9.17) is 4.74 Å². The molecule has 0 unspecified atom stereocenters. The number of carbonyl (C=O) groups is 1. The molecule has 11 heteroatoms. The molecular formula is C33H30F6N2O3. The minimum Gasteiger partial charge on any atom is -0.488 e. The molecule has 1 aliphatic carbocycles. The fourth-order valence-corrected chi connectivity index (χ4v) is 5.81. The summed E-state index contributed by atoms with van der Waals surface area (Å²) in [6, 6.07) is 17.9. The van der Waals surface area contributed by atoms with E-state index in [2.05, 4.69) is 5.10 Å². The van der Waals surface area contributed by atoms with Gasteiger partial charge < -0.3 is 9.84 Å². The predicted octanol–water partition coefficient (Wildman–Crippen LogP) is 9.29. The van der Waals surface area contributed by atoms with Crippen molar-refractivity contribution in [3.63, 3.8) is 0 Å². The molecule has 3 aromatic carbocycles. The molecule has 0 aliphatic heterocycles. The van der Waals surface area contributed by atoms with Crippen LogP contribution < -0.4 is 4.74 Å². The highest BCUT2D eigenvalue weighted by Gasteiger charge is 2.42. The van der Waals surface area contributed by atoms with E-state index in [1.807, 2.05) is 43.3 Å². The lowest BCUT2D eigenvalue weighted by Crippen LogP contribution is -2.27. The topological polar surface area (TPSA) is 64.4 Å². The predicted molar refractivity (Wildman–Crippen MR) is 152 cm³/mol. The van der Waals surface area contributed by atoms with E-state index in [1.54, 1.807) is 19.1 Å². The first kappa shape index (κ1) is 31.2. The van der Waals surface area contributed by atoms with Gasteiger partial charge in [-0.15, -0.1) is 0 Å². The molecule has 1 saturated carbocycles. The van der Waals surface area contributed by atoms with Crippen molar-refractivity contribution >= 4 is 5.97 Å². The van der Waals surface area contributed by atoms with Crippen LogP contribution in [0, 0.1) is 19.8 Å². The summed E-state index contributed by atoms with van der Waals surface area (Å²) in [5.74, 6) is -2.38. The molecule has 1 aliphatic rings. The van der Waals surface area contributed by atoms with Crippen LogP contribution in [0.15, 0.2) is 66.9 Å². The first-order chi connectivity index (χ1) is 20.7. The number of nitrogens with zero attached hydrogens (tertiary/aromatic N) is 2. The molecule has 1 heterocycles. The van der Waals surface area contributed by atoms with Gasteiger partial charge in [0.2, 0.25) is 0 Å². The van der Waals surface area contributed by atoms with Crippen molar-refractivity contribution in [2.24, 2.45) is 5.92 Å². The number of carboxylic acids is 1. The fourth-order valence-electron chi connectivity index (χ4n) is 5.81. The van der Waals surface area contributed by atoms with Crippen LogP contribution in [0.5, 0.6) is 5.75 Å². The van der Waals surface area contributed by atoms with E-state index >= 15 is 0 Å². The van der Waals surface area contributed by atoms with E-state index in [0.717, 1.165) is 16.7 Å². The van der Waals surface area contributed by atoms with Crippen LogP contribution in [-0.4, -0.2) is 27.0 Å². The number of hydrogen-bond acceptors (Lipinski definition) is 3. The average Bonchev–Trinajstić information content (AvgIpc) is 3.43. The number of aromatic nitrogens is 2. The highest BCUT2D eigenvalue weighted by atomic mass is 19.4. The molecule has 1 fully saturated rings. The zero-order chi connectivity index (χ0) is 31.8. The number of ether oxygens (including phenoxy) is 1. The SMILES string of the molecule is Cc1cc(-c2cc(C)ccc2OCc2ccc(C3CCC(C(F)(F)F)CC3)cc2)cc(-n2ncc(C(=O)O)c2C(F)(F)F)c1. The summed E-state index contributed by atoms with van der Waals surface area (Å²) in [7, 11) is 0. The second-order valence-electron chi connectivity index (χ2n) is 11.3. The van der Waals surface area contributed by atoms with Gasteiger partial charge in [-0.25, -0.2) is 9.48 Å². The number of benzene rings is 3. The highest BCUT2D eigenvalue weighted by Crippen LogP contribution is 2.43. The summed E-state index contributed by atoms with van der Waals surface area (Å²) in [6.07, 6.45) is -7.16. The van der Waals surface area contributed by atoms with Crippen molar-refractivity contribution in [3.8, 4) is 22.6 Å². The Morgan fingerprint density at radius 1 is 0.909 bits per heavy atom. The largest absolute Gasteiger partial charge is 0.488 e. The zero-order valence-electron chi connectivity index (χ0n) is 24.0. The van der Waals surface area contributed by atoms with Crippen molar-refractivity contribution in [1.29, 1.82) is 0 Å². The number of rotatable bonds is 7. The lowest BCUT2D eigenvalue weighted by molar-refractivity contribution is -0.182. The van der Waals surface area contributed by atoms with E-state index in [1.165, 1.54) is 12.1 Å². The highest BCUT2D eigenvalue weighted by molar-refractivity contribution is 5.89. The summed E-state index contributed by atoms with van der Waals surface area (Å²) < 4.78 is 87.5. The van der Waals surface area contributed by atoms with E-state index < -0.39 is 35.5 Å². The van der Waals surface area contributed by atoms with Crippen molar-refractivity contribution < 1.29 is 41.0 Å². The van der Waals surface area contributed by atoms with Crippen LogP contribution in [-0.2, 0) is 12.8 Å². The van der Waals surface area contributed by atoms with Gasteiger partial charge in [0.15, 0.2) is 5.69 Å². The quantitative estimate of drug-likeness (QED) is 0.210. The Morgan fingerprint density at radius 3 is 2.20 bits per heavy atom. The molecule has 1 N–H and O–H groups in total. The maximum Gasteiger partial charge on any atom is 0.434 e.